The van der Waals surface area contributed by atoms with Crippen LogP contribution < -0.4 is 5.32 Å². The molecule has 0 aliphatic rings. The van der Waals surface area contributed by atoms with E-state index < -0.39 is 18.0 Å². The molecule has 30 heavy (non-hydrogen) atoms. The topological polar surface area (TPSA) is 92.7 Å². The van der Waals surface area contributed by atoms with Crippen molar-refractivity contribution >= 4 is 17.8 Å². The molecule has 0 heterocycles. The molecule has 0 aliphatic heterocycles. The van der Waals surface area contributed by atoms with Gasteiger partial charge < -0.3 is 15.2 Å². The molecule has 2 aromatic rings. The lowest BCUT2D eigenvalue weighted by atomic mass is 9.99. The summed E-state index contributed by atoms with van der Waals surface area (Å²) in [5.41, 5.74) is 3.56. The van der Waals surface area contributed by atoms with Gasteiger partial charge >= 0.3 is 11.9 Å². The van der Waals surface area contributed by atoms with Gasteiger partial charge in [0.25, 0.3) is 0 Å². The van der Waals surface area contributed by atoms with Crippen molar-refractivity contribution in [2.45, 2.75) is 39.2 Å². The van der Waals surface area contributed by atoms with Gasteiger partial charge in [-0.1, -0.05) is 60.7 Å². The lowest BCUT2D eigenvalue weighted by Gasteiger charge is -2.17. The number of amides is 1. The summed E-state index contributed by atoms with van der Waals surface area (Å²) in [5.74, 6) is -1.85. The number of ether oxygens (including phenoxy) is 1. The molecule has 6 nitrogen and oxygen atoms in total. The van der Waals surface area contributed by atoms with Gasteiger partial charge in [-0.2, -0.15) is 0 Å². The van der Waals surface area contributed by atoms with Gasteiger partial charge in [-0.3, -0.25) is 9.59 Å². The molecule has 0 fully saturated rings. The normalized spacial score (nSPS) is 12.1. The number of hydrogen-bond donors (Lipinski definition) is 2. The molecule has 1 atom stereocenters. The second-order valence-corrected chi connectivity index (χ2v) is 6.90. The largest absolute Gasteiger partial charge is 0.481 e. The SMILES string of the molecule is CCOC(=O)C(C)=CC(Cc1ccc(-c2ccccc2)cc1)NC(=O)CCC(=O)O. The van der Waals surface area contributed by atoms with Gasteiger partial charge in [0.15, 0.2) is 0 Å². The Morgan fingerprint density at radius 1 is 1.00 bits per heavy atom. The first kappa shape index (κ1) is 22.9. The van der Waals surface area contributed by atoms with Crippen LogP contribution in [0, 0.1) is 0 Å². The molecule has 0 aromatic heterocycles. The number of esters is 1. The number of nitrogens with one attached hydrogen (secondary N) is 1. The minimum atomic E-state index is -1.03. The summed E-state index contributed by atoms with van der Waals surface area (Å²) in [4.78, 5) is 34.8. The van der Waals surface area contributed by atoms with Crippen molar-refractivity contribution in [3.8, 4) is 11.1 Å². The third-order valence-electron chi connectivity index (χ3n) is 4.48. The second-order valence-electron chi connectivity index (χ2n) is 6.90. The number of carbonyl (C=O) groups excluding carboxylic acids is 2. The highest BCUT2D eigenvalue weighted by Gasteiger charge is 2.15. The fraction of sp³-hybridized carbons (Fsp3) is 0.292. The standard InChI is InChI=1S/C24H27NO5/c1-3-30-24(29)17(2)15-21(25-22(26)13-14-23(27)28)16-18-9-11-20(12-10-18)19-7-5-4-6-8-19/h4-12,15,21H,3,13-14,16H2,1-2H3,(H,25,26)(H,27,28). The second kappa shape index (κ2) is 11.6. The van der Waals surface area contributed by atoms with Gasteiger partial charge in [-0.25, -0.2) is 4.79 Å². The zero-order valence-electron chi connectivity index (χ0n) is 17.3. The van der Waals surface area contributed by atoms with Crippen molar-refractivity contribution < 1.29 is 24.2 Å². The lowest BCUT2D eigenvalue weighted by Crippen LogP contribution is -2.35. The molecule has 0 bridgehead atoms. The summed E-state index contributed by atoms with van der Waals surface area (Å²) in [6.07, 6.45) is 1.75. The molecule has 2 aromatic carbocycles. The Hall–Kier alpha value is -3.41. The average Bonchev–Trinajstić information content (AvgIpc) is 2.73. The maximum absolute atomic E-state index is 12.1. The van der Waals surface area contributed by atoms with Crippen LogP contribution in [0.5, 0.6) is 0 Å². The number of aliphatic carboxylic acids is 1. The van der Waals surface area contributed by atoms with Crippen LogP contribution >= 0.6 is 0 Å². The third-order valence-corrected chi connectivity index (χ3v) is 4.48. The summed E-state index contributed by atoms with van der Waals surface area (Å²) in [7, 11) is 0. The highest BCUT2D eigenvalue weighted by molar-refractivity contribution is 5.88. The van der Waals surface area contributed by atoms with Crippen LogP contribution in [0.3, 0.4) is 0 Å². The van der Waals surface area contributed by atoms with E-state index in [1.165, 1.54) is 0 Å². The molecule has 1 unspecified atom stereocenters. The minimum Gasteiger partial charge on any atom is -0.481 e. The smallest absolute Gasteiger partial charge is 0.333 e. The first-order chi connectivity index (χ1) is 14.4. The number of carboxylic acids is 1. The monoisotopic (exact) mass is 409 g/mol. The summed E-state index contributed by atoms with van der Waals surface area (Å²) in [6, 6.07) is 17.5. The van der Waals surface area contributed by atoms with Crippen LogP contribution in [0.4, 0.5) is 0 Å². The third kappa shape index (κ3) is 7.54. The van der Waals surface area contributed by atoms with Crippen LogP contribution in [0.15, 0.2) is 66.2 Å². The molecule has 0 saturated carbocycles. The predicted molar refractivity (Wildman–Crippen MR) is 115 cm³/mol. The van der Waals surface area contributed by atoms with Gasteiger partial charge in [-0.15, -0.1) is 0 Å². The van der Waals surface area contributed by atoms with Gasteiger partial charge in [0.1, 0.15) is 0 Å². The van der Waals surface area contributed by atoms with Crippen molar-refractivity contribution in [2.24, 2.45) is 0 Å². The first-order valence-corrected chi connectivity index (χ1v) is 9.90. The maximum Gasteiger partial charge on any atom is 0.333 e. The molecule has 0 radical (unpaired) electrons. The molecule has 158 valence electrons. The number of hydrogen-bond acceptors (Lipinski definition) is 4. The summed E-state index contributed by atoms with van der Waals surface area (Å²) in [5, 5.41) is 11.6. The summed E-state index contributed by atoms with van der Waals surface area (Å²) >= 11 is 0. The zero-order valence-corrected chi connectivity index (χ0v) is 17.3. The van der Waals surface area contributed by atoms with Gasteiger partial charge in [0.2, 0.25) is 5.91 Å². The van der Waals surface area contributed by atoms with E-state index in [0.717, 1.165) is 16.7 Å². The fourth-order valence-corrected chi connectivity index (χ4v) is 2.98. The van der Waals surface area contributed by atoms with Crippen LogP contribution in [0.1, 0.15) is 32.3 Å². The quantitative estimate of drug-likeness (QED) is 0.460. The zero-order chi connectivity index (χ0) is 21.9. The van der Waals surface area contributed by atoms with Crippen LogP contribution in [0.25, 0.3) is 11.1 Å². The Labute approximate surface area is 176 Å². The highest BCUT2D eigenvalue weighted by Crippen LogP contribution is 2.20. The molecule has 6 heteroatoms. The van der Waals surface area contributed by atoms with Crippen LogP contribution in [-0.4, -0.2) is 35.6 Å². The Morgan fingerprint density at radius 2 is 1.63 bits per heavy atom. The molecule has 0 spiro atoms. The van der Waals surface area contributed by atoms with E-state index in [9.17, 15) is 14.4 Å². The Balaban J connectivity index is 2.14. The first-order valence-electron chi connectivity index (χ1n) is 9.90. The van der Waals surface area contributed by atoms with E-state index in [0.29, 0.717) is 12.0 Å². The fourth-order valence-electron chi connectivity index (χ4n) is 2.98. The Morgan fingerprint density at radius 3 is 2.23 bits per heavy atom. The summed E-state index contributed by atoms with van der Waals surface area (Å²) in [6.45, 7) is 3.62. The van der Waals surface area contributed by atoms with Gasteiger partial charge in [0.05, 0.1) is 19.1 Å². The van der Waals surface area contributed by atoms with E-state index in [1.807, 2.05) is 54.6 Å². The minimum absolute atomic E-state index is 0.120. The van der Waals surface area contributed by atoms with Crippen molar-refractivity contribution in [1.29, 1.82) is 0 Å². The molecular weight excluding hydrogens is 382 g/mol. The van der Waals surface area contributed by atoms with Crippen LogP contribution in [-0.2, 0) is 25.5 Å². The lowest BCUT2D eigenvalue weighted by molar-refractivity contribution is -0.139. The number of rotatable bonds is 10. The number of carboxylic acid groups (broad SMARTS) is 1. The number of benzene rings is 2. The Kier molecular flexibility index (Phi) is 8.81. The van der Waals surface area contributed by atoms with Gasteiger partial charge in [0, 0.05) is 12.0 Å². The Bertz CT molecular complexity index is 888. The molecular formula is C24H27NO5. The van der Waals surface area contributed by atoms with Crippen molar-refractivity contribution in [2.75, 3.05) is 6.61 Å². The van der Waals surface area contributed by atoms with E-state index in [4.69, 9.17) is 9.84 Å². The number of carbonyl (C=O) groups is 3. The van der Waals surface area contributed by atoms with E-state index >= 15 is 0 Å². The van der Waals surface area contributed by atoms with E-state index in [1.54, 1.807) is 19.9 Å². The summed E-state index contributed by atoms with van der Waals surface area (Å²) < 4.78 is 5.01. The highest BCUT2D eigenvalue weighted by atomic mass is 16.5. The van der Waals surface area contributed by atoms with E-state index in [-0.39, 0.29) is 25.4 Å². The van der Waals surface area contributed by atoms with Crippen molar-refractivity contribution in [1.82, 2.24) is 5.32 Å². The van der Waals surface area contributed by atoms with Crippen LogP contribution in [0.2, 0.25) is 0 Å². The average molecular weight is 409 g/mol. The maximum atomic E-state index is 12.1. The molecule has 0 saturated heterocycles. The molecule has 0 aliphatic carbocycles. The van der Waals surface area contributed by atoms with Crippen molar-refractivity contribution in [3.05, 3.63) is 71.8 Å². The molecule has 1 amide bonds. The van der Waals surface area contributed by atoms with E-state index in [2.05, 4.69) is 5.32 Å². The predicted octanol–water partition coefficient (Wildman–Crippen LogP) is 3.76. The molecule has 2 N–H and O–H groups in total. The van der Waals surface area contributed by atoms with Gasteiger partial charge in [-0.05, 0) is 37.0 Å². The van der Waals surface area contributed by atoms with Crippen molar-refractivity contribution in [3.63, 3.8) is 0 Å². The molecule has 2 rings (SSSR count).